The van der Waals surface area contributed by atoms with Gasteiger partial charge in [0.15, 0.2) is 11.5 Å². The summed E-state index contributed by atoms with van der Waals surface area (Å²) in [6.07, 6.45) is -3.35. The van der Waals surface area contributed by atoms with Crippen LogP contribution in [-0.2, 0) is 19.3 Å². The second-order valence-electron chi connectivity index (χ2n) is 4.37. The Balaban J connectivity index is 2.15. The van der Waals surface area contributed by atoms with Crippen LogP contribution < -0.4 is 10.1 Å². The molecule has 2 aromatic heterocycles. The Bertz CT molecular complexity index is 689. The third-order valence-corrected chi connectivity index (χ3v) is 3.04. The van der Waals surface area contributed by atoms with Crippen molar-refractivity contribution in [3.8, 4) is 17.4 Å². The topological polar surface area (TPSA) is 72.8 Å². The minimum atomic E-state index is -4.54. The molecule has 3 rings (SSSR count). The van der Waals surface area contributed by atoms with Gasteiger partial charge in [-0.15, -0.1) is 0 Å². The van der Waals surface area contributed by atoms with Crippen molar-refractivity contribution in [2.24, 2.45) is 0 Å². The van der Waals surface area contributed by atoms with Gasteiger partial charge in [0, 0.05) is 24.7 Å². The highest BCUT2D eigenvalue weighted by molar-refractivity contribution is 5.52. The molecule has 1 aliphatic heterocycles. The third-order valence-electron chi connectivity index (χ3n) is 3.04. The maximum Gasteiger partial charge on any atom is 0.433 e. The first-order valence-corrected chi connectivity index (χ1v) is 6.03. The molecule has 0 saturated carbocycles. The van der Waals surface area contributed by atoms with E-state index in [1.165, 1.54) is 19.5 Å². The lowest BCUT2D eigenvalue weighted by atomic mass is 10.1. The van der Waals surface area contributed by atoms with Crippen LogP contribution in [0.4, 0.5) is 13.2 Å². The first kappa shape index (κ1) is 13.7. The molecule has 1 N–H and O–H groups in total. The molecule has 0 atom stereocenters. The number of rotatable bonds is 2. The molecule has 1 aliphatic rings. The van der Waals surface area contributed by atoms with Crippen LogP contribution in [0.25, 0.3) is 11.5 Å². The second-order valence-corrected chi connectivity index (χ2v) is 4.37. The number of nitrogens with one attached hydrogen (secondary N) is 1. The summed E-state index contributed by atoms with van der Waals surface area (Å²) in [5, 5.41) is 2.84. The standard InChI is InChI=1S/C12H10F3N5O/c1-21-9-2-7(17-5-18-9)11-19-8-4-16-3-6(8)10(20-11)12(13,14)15/h2,5,16H,3-4H2,1H3. The Hall–Kier alpha value is -2.29. The zero-order valence-electron chi connectivity index (χ0n) is 10.9. The second kappa shape index (κ2) is 4.92. The average Bonchev–Trinajstić information content (AvgIpc) is 2.93. The van der Waals surface area contributed by atoms with Crippen molar-refractivity contribution in [3.63, 3.8) is 0 Å². The van der Waals surface area contributed by atoms with Crippen molar-refractivity contribution in [3.05, 3.63) is 29.3 Å². The monoisotopic (exact) mass is 297 g/mol. The van der Waals surface area contributed by atoms with Crippen LogP contribution in [0.1, 0.15) is 17.0 Å². The largest absolute Gasteiger partial charge is 0.481 e. The molecule has 0 fully saturated rings. The number of nitrogens with zero attached hydrogens (tertiary/aromatic N) is 4. The molecule has 0 aliphatic carbocycles. The molecule has 0 unspecified atom stereocenters. The van der Waals surface area contributed by atoms with Crippen LogP contribution in [0.3, 0.4) is 0 Å². The van der Waals surface area contributed by atoms with Crippen molar-refractivity contribution in [2.45, 2.75) is 19.3 Å². The number of methoxy groups -OCH3 is 1. The zero-order chi connectivity index (χ0) is 15.0. The predicted molar refractivity (Wildman–Crippen MR) is 65.2 cm³/mol. The number of ether oxygens (including phenoxy) is 1. The van der Waals surface area contributed by atoms with E-state index in [0.29, 0.717) is 5.69 Å². The van der Waals surface area contributed by atoms with E-state index in [1.807, 2.05) is 0 Å². The number of aromatic nitrogens is 4. The van der Waals surface area contributed by atoms with Crippen molar-refractivity contribution in [1.82, 2.24) is 25.3 Å². The predicted octanol–water partition coefficient (Wildman–Crippen LogP) is 1.56. The zero-order valence-corrected chi connectivity index (χ0v) is 10.9. The number of halogens is 3. The van der Waals surface area contributed by atoms with Crippen LogP contribution in [0.2, 0.25) is 0 Å². The molecule has 0 spiro atoms. The van der Waals surface area contributed by atoms with Gasteiger partial charge in [0.1, 0.15) is 12.0 Å². The van der Waals surface area contributed by atoms with Crippen molar-refractivity contribution < 1.29 is 17.9 Å². The van der Waals surface area contributed by atoms with Crippen molar-refractivity contribution in [1.29, 1.82) is 0 Å². The fourth-order valence-corrected chi connectivity index (χ4v) is 2.09. The van der Waals surface area contributed by atoms with Crippen molar-refractivity contribution >= 4 is 0 Å². The Morgan fingerprint density at radius 1 is 1.19 bits per heavy atom. The van der Waals surface area contributed by atoms with Gasteiger partial charge in [-0.2, -0.15) is 13.2 Å². The first-order chi connectivity index (χ1) is 9.99. The van der Waals surface area contributed by atoms with E-state index in [-0.39, 0.29) is 36.1 Å². The first-order valence-electron chi connectivity index (χ1n) is 6.03. The maximum atomic E-state index is 13.1. The van der Waals surface area contributed by atoms with Crippen LogP contribution in [0.15, 0.2) is 12.4 Å². The van der Waals surface area contributed by atoms with Crippen LogP contribution in [0, 0.1) is 0 Å². The van der Waals surface area contributed by atoms with E-state index in [4.69, 9.17) is 4.74 Å². The molecule has 6 nitrogen and oxygen atoms in total. The lowest BCUT2D eigenvalue weighted by Crippen LogP contribution is -2.15. The van der Waals surface area contributed by atoms with Gasteiger partial charge in [0.25, 0.3) is 0 Å². The molecule has 0 aromatic carbocycles. The Kier molecular flexibility index (Phi) is 3.20. The molecule has 21 heavy (non-hydrogen) atoms. The average molecular weight is 297 g/mol. The van der Waals surface area contributed by atoms with Gasteiger partial charge >= 0.3 is 6.18 Å². The molecule has 3 heterocycles. The number of hydrogen-bond acceptors (Lipinski definition) is 6. The SMILES string of the molecule is COc1cc(-c2nc3c(c(C(F)(F)F)n2)CNC3)ncn1. The summed E-state index contributed by atoms with van der Waals surface area (Å²) in [4.78, 5) is 15.5. The molecule has 0 amide bonds. The van der Waals surface area contributed by atoms with Crippen LogP contribution in [0.5, 0.6) is 5.88 Å². The fourth-order valence-electron chi connectivity index (χ4n) is 2.09. The van der Waals surface area contributed by atoms with E-state index >= 15 is 0 Å². The van der Waals surface area contributed by atoms with Crippen LogP contribution >= 0.6 is 0 Å². The minimum absolute atomic E-state index is 0.0901. The number of fused-ring (bicyclic) bond motifs is 1. The summed E-state index contributed by atoms with van der Waals surface area (Å²) in [6, 6.07) is 1.39. The highest BCUT2D eigenvalue weighted by Gasteiger charge is 2.38. The summed E-state index contributed by atoms with van der Waals surface area (Å²) in [5.74, 6) is 0.140. The van der Waals surface area contributed by atoms with Gasteiger partial charge < -0.3 is 10.1 Å². The van der Waals surface area contributed by atoms with Gasteiger partial charge in [-0.25, -0.2) is 19.9 Å². The van der Waals surface area contributed by atoms with Gasteiger partial charge in [-0.1, -0.05) is 0 Å². The van der Waals surface area contributed by atoms with Gasteiger partial charge in [-0.3, -0.25) is 0 Å². The summed E-state index contributed by atoms with van der Waals surface area (Å²) in [6.45, 7) is 0.383. The molecular weight excluding hydrogens is 287 g/mol. The van der Waals surface area contributed by atoms with Crippen LogP contribution in [-0.4, -0.2) is 27.0 Å². The van der Waals surface area contributed by atoms with E-state index in [9.17, 15) is 13.2 Å². The van der Waals surface area contributed by atoms with Gasteiger partial charge in [0.2, 0.25) is 5.88 Å². The van der Waals surface area contributed by atoms with Crippen molar-refractivity contribution in [2.75, 3.05) is 7.11 Å². The molecular formula is C12H10F3N5O. The highest BCUT2D eigenvalue weighted by Crippen LogP contribution is 2.34. The minimum Gasteiger partial charge on any atom is -0.481 e. The smallest absolute Gasteiger partial charge is 0.433 e. The maximum absolute atomic E-state index is 13.1. The Morgan fingerprint density at radius 3 is 2.71 bits per heavy atom. The van der Waals surface area contributed by atoms with E-state index in [1.54, 1.807) is 0 Å². The fraction of sp³-hybridized carbons (Fsp3) is 0.333. The molecule has 0 radical (unpaired) electrons. The molecule has 9 heteroatoms. The molecule has 2 aromatic rings. The normalized spacial score (nSPS) is 14.1. The van der Waals surface area contributed by atoms with Gasteiger partial charge in [0.05, 0.1) is 12.8 Å². The third kappa shape index (κ3) is 2.51. The Labute approximate surface area is 117 Å². The molecule has 110 valence electrons. The van der Waals surface area contributed by atoms with Gasteiger partial charge in [-0.05, 0) is 0 Å². The summed E-state index contributed by atoms with van der Waals surface area (Å²) < 4.78 is 44.3. The summed E-state index contributed by atoms with van der Waals surface area (Å²) >= 11 is 0. The lowest BCUT2D eigenvalue weighted by Gasteiger charge is -2.12. The number of hydrogen-bond donors (Lipinski definition) is 1. The Morgan fingerprint density at radius 2 is 2.00 bits per heavy atom. The highest BCUT2D eigenvalue weighted by atomic mass is 19.4. The lowest BCUT2D eigenvalue weighted by molar-refractivity contribution is -0.141. The van der Waals surface area contributed by atoms with E-state index in [0.717, 1.165) is 0 Å². The quantitative estimate of drug-likeness (QED) is 0.907. The van der Waals surface area contributed by atoms with E-state index < -0.39 is 11.9 Å². The summed E-state index contributed by atoms with van der Waals surface area (Å²) in [5.41, 5.74) is -0.315. The van der Waals surface area contributed by atoms with E-state index in [2.05, 4.69) is 25.3 Å². The summed E-state index contributed by atoms with van der Waals surface area (Å²) in [7, 11) is 1.40. The number of alkyl halides is 3. The molecule has 0 bridgehead atoms. The molecule has 0 saturated heterocycles.